The van der Waals surface area contributed by atoms with E-state index in [1.165, 1.54) is 0 Å². The van der Waals surface area contributed by atoms with E-state index in [4.69, 9.17) is 9.26 Å². The highest BCUT2D eigenvalue weighted by Gasteiger charge is 2.12. The summed E-state index contributed by atoms with van der Waals surface area (Å²) in [6.45, 7) is 4.18. The molecule has 0 aliphatic carbocycles. The number of aromatic nitrogens is 3. The van der Waals surface area contributed by atoms with Crippen LogP contribution in [-0.4, -0.2) is 15.1 Å². The molecule has 0 aliphatic heterocycles. The molecule has 0 spiro atoms. The van der Waals surface area contributed by atoms with Crippen molar-refractivity contribution in [3.63, 3.8) is 0 Å². The van der Waals surface area contributed by atoms with Crippen LogP contribution in [-0.2, 0) is 6.61 Å². The number of fused-ring (bicyclic) bond motifs is 1. The highest BCUT2D eigenvalue weighted by atomic mass is 16.5. The van der Waals surface area contributed by atoms with Crippen molar-refractivity contribution >= 4 is 10.9 Å². The molecule has 0 bridgehead atoms. The van der Waals surface area contributed by atoms with Gasteiger partial charge in [0.1, 0.15) is 11.3 Å². The predicted octanol–water partition coefficient (Wildman–Crippen LogP) is 4.48. The lowest BCUT2D eigenvalue weighted by Gasteiger charge is -2.07. The minimum Gasteiger partial charge on any atom is -0.481 e. The number of benzene rings is 2. The van der Waals surface area contributed by atoms with Crippen molar-refractivity contribution in [3.05, 3.63) is 71.7 Å². The average molecular weight is 331 g/mol. The van der Waals surface area contributed by atoms with Crippen LogP contribution in [0.2, 0.25) is 0 Å². The molecule has 4 aromatic rings. The van der Waals surface area contributed by atoms with Crippen LogP contribution in [0.15, 0.2) is 59.1 Å². The van der Waals surface area contributed by atoms with Crippen LogP contribution in [0.25, 0.3) is 22.3 Å². The van der Waals surface area contributed by atoms with Gasteiger partial charge in [-0.3, -0.25) is 0 Å². The van der Waals surface area contributed by atoms with E-state index in [1.807, 2.05) is 68.4 Å². The summed E-state index contributed by atoms with van der Waals surface area (Å²) < 4.78 is 11.2. The number of para-hydroxylation sites is 1. The predicted molar refractivity (Wildman–Crippen MR) is 95.3 cm³/mol. The molecule has 25 heavy (non-hydrogen) atoms. The number of pyridine rings is 1. The standard InChI is InChI=1S/C20H17N3O2/c1-13-6-3-4-8-16(13)20-22-18(25-23-20)12-24-17-9-5-7-15-11-10-14(2)21-19(15)17/h3-11H,12H2,1-2H3. The maximum absolute atomic E-state index is 5.88. The molecule has 0 amide bonds. The quantitative estimate of drug-likeness (QED) is 0.552. The van der Waals surface area contributed by atoms with Crippen LogP contribution >= 0.6 is 0 Å². The van der Waals surface area contributed by atoms with E-state index in [0.717, 1.165) is 27.7 Å². The van der Waals surface area contributed by atoms with Crippen molar-refractivity contribution < 1.29 is 9.26 Å². The summed E-state index contributed by atoms with van der Waals surface area (Å²) in [5.74, 6) is 1.71. The van der Waals surface area contributed by atoms with Gasteiger partial charge in [-0.05, 0) is 31.5 Å². The van der Waals surface area contributed by atoms with Gasteiger partial charge in [0.05, 0.1) is 0 Å². The van der Waals surface area contributed by atoms with Crippen LogP contribution in [0.5, 0.6) is 5.75 Å². The SMILES string of the molecule is Cc1ccc2cccc(OCc3nc(-c4ccccc4C)no3)c2n1. The topological polar surface area (TPSA) is 61.0 Å². The third kappa shape index (κ3) is 3.08. The molecule has 5 nitrogen and oxygen atoms in total. The maximum Gasteiger partial charge on any atom is 0.264 e. The summed E-state index contributed by atoms with van der Waals surface area (Å²) in [4.78, 5) is 8.99. The smallest absolute Gasteiger partial charge is 0.264 e. The largest absolute Gasteiger partial charge is 0.481 e. The highest BCUT2D eigenvalue weighted by Crippen LogP contribution is 2.25. The molecule has 0 saturated heterocycles. The first-order valence-corrected chi connectivity index (χ1v) is 8.08. The van der Waals surface area contributed by atoms with E-state index in [1.54, 1.807) is 0 Å². The molecular formula is C20H17N3O2. The van der Waals surface area contributed by atoms with Crippen LogP contribution in [0, 0.1) is 13.8 Å². The molecule has 4 rings (SSSR count). The fraction of sp³-hybridized carbons (Fsp3) is 0.150. The van der Waals surface area contributed by atoms with Crippen molar-refractivity contribution in [3.8, 4) is 17.1 Å². The fourth-order valence-corrected chi connectivity index (χ4v) is 2.72. The molecule has 0 radical (unpaired) electrons. The summed E-state index contributed by atoms with van der Waals surface area (Å²) in [6, 6.07) is 17.8. The maximum atomic E-state index is 5.88. The zero-order valence-electron chi connectivity index (χ0n) is 14.1. The van der Waals surface area contributed by atoms with Crippen LogP contribution in [0.1, 0.15) is 17.1 Å². The molecule has 2 aromatic carbocycles. The molecule has 5 heteroatoms. The lowest BCUT2D eigenvalue weighted by Crippen LogP contribution is -1.97. The van der Waals surface area contributed by atoms with Gasteiger partial charge in [0.2, 0.25) is 5.82 Å². The third-order valence-corrected chi connectivity index (χ3v) is 4.03. The number of hydrogen-bond acceptors (Lipinski definition) is 5. The van der Waals surface area contributed by atoms with E-state index in [-0.39, 0.29) is 6.61 Å². The van der Waals surface area contributed by atoms with Gasteiger partial charge in [-0.15, -0.1) is 0 Å². The first kappa shape index (κ1) is 15.3. The minimum absolute atomic E-state index is 0.202. The molecular weight excluding hydrogens is 314 g/mol. The van der Waals surface area contributed by atoms with E-state index < -0.39 is 0 Å². The third-order valence-electron chi connectivity index (χ3n) is 4.03. The van der Waals surface area contributed by atoms with Crippen molar-refractivity contribution in [1.82, 2.24) is 15.1 Å². The Kier molecular flexibility index (Phi) is 3.90. The van der Waals surface area contributed by atoms with Crippen LogP contribution in [0.4, 0.5) is 0 Å². The van der Waals surface area contributed by atoms with Gasteiger partial charge in [0.25, 0.3) is 5.89 Å². The molecule has 2 heterocycles. The van der Waals surface area contributed by atoms with Crippen LogP contribution < -0.4 is 4.74 Å². The Morgan fingerprint density at radius 3 is 2.68 bits per heavy atom. The Balaban J connectivity index is 1.57. The monoisotopic (exact) mass is 331 g/mol. The normalized spacial score (nSPS) is 11.0. The van der Waals surface area contributed by atoms with Gasteiger partial charge in [-0.1, -0.05) is 47.6 Å². The number of ether oxygens (including phenoxy) is 1. The van der Waals surface area contributed by atoms with Gasteiger partial charge in [-0.25, -0.2) is 4.98 Å². The van der Waals surface area contributed by atoms with Crippen molar-refractivity contribution in [2.24, 2.45) is 0 Å². The fourth-order valence-electron chi connectivity index (χ4n) is 2.72. The van der Waals surface area contributed by atoms with Crippen molar-refractivity contribution in [2.75, 3.05) is 0 Å². The number of nitrogens with zero attached hydrogens (tertiary/aromatic N) is 3. The van der Waals surface area contributed by atoms with Crippen molar-refractivity contribution in [2.45, 2.75) is 20.5 Å². The lowest BCUT2D eigenvalue weighted by atomic mass is 10.1. The number of hydrogen-bond donors (Lipinski definition) is 0. The first-order valence-electron chi connectivity index (χ1n) is 8.08. The molecule has 0 atom stereocenters. The van der Waals surface area contributed by atoms with Gasteiger partial charge < -0.3 is 9.26 Å². The van der Waals surface area contributed by atoms with E-state index in [0.29, 0.717) is 17.5 Å². The Hall–Kier alpha value is -3.21. The summed E-state index contributed by atoms with van der Waals surface area (Å²) >= 11 is 0. The Morgan fingerprint density at radius 1 is 0.920 bits per heavy atom. The lowest BCUT2D eigenvalue weighted by molar-refractivity contribution is 0.245. The first-order chi connectivity index (χ1) is 12.2. The van der Waals surface area contributed by atoms with Gasteiger partial charge in [0.15, 0.2) is 6.61 Å². The minimum atomic E-state index is 0.202. The zero-order valence-corrected chi connectivity index (χ0v) is 14.1. The van der Waals surface area contributed by atoms with E-state index >= 15 is 0 Å². The zero-order chi connectivity index (χ0) is 17.2. The molecule has 0 N–H and O–H groups in total. The Labute approximate surface area is 145 Å². The highest BCUT2D eigenvalue weighted by molar-refractivity contribution is 5.84. The Morgan fingerprint density at radius 2 is 1.80 bits per heavy atom. The molecule has 2 aromatic heterocycles. The molecule has 0 aliphatic rings. The molecule has 0 unspecified atom stereocenters. The Bertz CT molecular complexity index is 1040. The molecule has 124 valence electrons. The van der Waals surface area contributed by atoms with Crippen molar-refractivity contribution in [1.29, 1.82) is 0 Å². The number of rotatable bonds is 4. The van der Waals surface area contributed by atoms with E-state index in [9.17, 15) is 0 Å². The molecule has 0 saturated carbocycles. The average Bonchev–Trinajstić information content (AvgIpc) is 3.09. The number of aryl methyl sites for hydroxylation is 2. The summed E-state index contributed by atoms with van der Waals surface area (Å²) in [7, 11) is 0. The summed E-state index contributed by atoms with van der Waals surface area (Å²) in [5, 5.41) is 5.09. The van der Waals surface area contributed by atoms with Gasteiger partial charge in [-0.2, -0.15) is 4.98 Å². The van der Waals surface area contributed by atoms with E-state index in [2.05, 4.69) is 15.1 Å². The summed E-state index contributed by atoms with van der Waals surface area (Å²) in [5.41, 5.74) is 3.84. The van der Waals surface area contributed by atoms with Gasteiger partial charge in [0, 0.05) is 16.6 Å². The summed E-state index contributed by atoms with van der Waals surface area (Å²) in [6.07, 6.45) is 0. The van der Waals surface area contributed by atoms with Gasteiger partial charge >= 0.3 is 0 Å². The van der Waals surface area contributed by atoms with Crippen LogP contribution in [0.3, 0.4) is 0 Å². The second-order valence-electron chi connectivity index (χ2n) is 5.90. The second-order valence-corrected chi connectivity index (χ2v) is 5.90. The molecule has 0 fully saturated rings. The second kappa shape index (κ2) is 6.36.